The van der Waals surface area contributed by atoms with Crippen LogP contribution in [0.2, 0.25) is 5.02 Å². The van der Waals surface area contributed by atoms with E-state index in [0.29, 0.717) is 23.9 Å². The van der Waals surface area contributed by atoms with Gasteiger partial charge in [-0.25, -0.2) is 4.79 Å². The molecule has 1 heterocycles. The van der Waals surface area contributed by atoms with Crippen molar-refractivity contribution >= 4 is 23.5 Å². The standard InChI is InChI=1S/C25H30ClNO3/c1-16-12-20(13-17(2)23(16)14-25(4,5)18(3)28)19-10-11-27(15-19)24(29)30-22-8-6-21(26)7-9-22/h6-9,12-13,19H,10-11,14-15H2,1-5H3. The molecule has 2 aromatic carbocycles. The van der Waals surface area contributed by atoms with Gasteiger partial charge in [0.05, 0.1) is 0 Å². The predicted octanol–water partition coefficient (Wildman–Crippen LogP) is 6.10. The summed E-state index contributed by atoms with van der Waals surface area (Å²) in [6, 6.07) is 11.2. The van der Waals surface area contributed by atoms with Crippen LogP contribution in [0, 0.1) is 19.3 Å². The number of likely N-dealkylation sites (tertiary alicyclic amines) is 1. The number of benzene rings is 2. The Balaban J connectivity index is 1.69. The van der Waals surface area contributed by atoms with E-state index >= 15 is 0 Å². The van der Waals surface area contributed by atoms with Gasteiger partial charge in [0, 0.05) is 29.4 Å². The van der Waals surface area contributed by atoms with Gasteiger partial charge in [-0.1, -0.05) is 37.6 Å². The van der Waals surface area contributed by atoms with Crippen LogP contribution in [0.3, 0.4) is 0 Å². The molecule has 0 saturated carbocycles. The van der Waals surface area contributed by atoms with Crippen LogP contribution in [0.1, 0.15) is 55.4 Å². The molecule has 2 aromatic rings. The Labute approximate surface area is 184 Å². The number of ketones is 1. The minimum Gasteiger partial charge on any atom is -0.410 e. The van der Waals surface area contributed by atoms with Crippen LogP contribution in [0.5, 0.6) is 5.75 Å². The van der Waals surface area contributed by atoms with Gasteiger partial charge in [0.2, 0.25) is 0 Å². The third-order valence-corrected chi connectivity index (χ3v) is 6.48. The van der Waals surface area contributed by atoms with E-state index in [1.165, 1.54) is 22.3 Å². The molecule has 1 amide bonds. The molecular weight excluding hydrogens is 398 g/mol. The van der Waals surface area contributed by atoms with Crippen molar-refractivity contribution in [1.82, 2.24) is 4.90 Å². The Morgan fingerprint density at radius 1 is 1.13 bits per heavy atom. The Kier molecular flexibility index (Phi) is 6.56. The summed E-state index contributed by atoms with van der Waals surface area (Å²) in [5, 5.41) is 0.608. The highest BCUT2D eigenvalue weighted by molar-refractivity contribution is 6.30. The van der Waals surface area contributed by atoms with Crippen molar-refractivity contribution in [2.24, 2.45) is 5.41 Å². The molecule has 0 aliphatic carbocycles. The molecule has 1 aliphatic rings. The van der Waals surface area contributed by atoms with E-state index in [9.17, 15) is 9.59 Å². The van der Waals surface area contributed by atoms with Gasteiger partial charge in [-0.2, -0.15) is 0 Å². The Morgan fingerprint density at radius 3 is 2.30 bits per heavy atom. The summed E-state index contributed by atoms with van der Waals surface area (Å²) in [6.07, 6.45) is 1.32. The van der Waals surface area contributed by atoms with Gasteiger partial charge in [-0.05, 0) is 80.1 Å². The van der Waals surface area contributed by atoms with E-state index in [0.717, 1.165) is 12.8 Å². The molecule has 0 bridgehead atoms. The highest BCUT2D eigenvalue weighted by Gasteiger charge is 2.30. The number of carbonyl (C=O) groups excluding carboxylic acids is 2. The summed E-state index contributed by atoms with van der Waals surface area (Å²) in [5.74, 6) is 0.989. The van der Waals surface area contributed by atoms with Gasteiger partial charge in [0.1, 0.15) is 11.5 Å². The fraction of sp³-hybridized carbons (Fsp3) is 0.440. The van der Waals surface area contributed by atoms with Crippen LogP contribution in [-0.2, 0) is 11.2 Å². The van der Waals surface area contributed by atoms with E-state index in [-0.39, 0.29) is 23.2 Å². The second-order valence-electron chi connectivity index (χ2n) is 9.00. The maximum atomic E-state index is 12.5. The zero-order valence-corrected chi connectivity index (χ0v) is 19.2. The van der Waals surface area contributed by atoms with Gasteiger partial charge in [0.15, 0.2) is 0 Å². The number of Topliss-reactive ketones (excluding diaryl/α,β-unsaturated/α-hetero) is 1. The second-order valence-corrected chi connectivity index (χ2v) is 9.44. The van der Waals surface area contributed by atoms with Crippen LogP contribution in [-0.4, -0.2) is 29.9 Å². The van der Waals surface area contributed by atoms with Crippen LogP contribution >= 0.6 is 11.6 Å². The number of ether oxygens (including phenoxy) is 1. The zero-order valence-electron chi connectivity index (χ0n) is 18.4. The fourth-order valence-corrected chi connectivity index (χ4v) is 4.10. The molecule has 1 fully saturated rings. The number of carbonyl (C=O) groups is 2. The number of aryl methyl sites for hydroxylation is 2. The monoisotopic (exact) mass is 427 g/mol. The highest BCUT2D eigenvalue weighted by atomic mass is 35.5. The molecule has 0 spiro atoms. The van der Waals surface area contributed by atoms with Crippen LogP contribution < -0.4 is 4.74 Å². The summed E-state index contributed by atoms with van der Waals surface area (Å²) < 4.78 is 5.48. The number of rotatable bonds is 5. The first-order valence-corrected chi connectivity index (χ1v) is 10.8. The van der Waals surface area contributed by atoms with Crippen LogP contribution in [0.15, 0.2) is 36.4 Å². The lowest BCUT2D eigenvalue weighted by Gasteiger charge is -2.25. The average Bonchev–Trinajstić information content (AvgIpc) is 3.16. The molecule has 5 heteroatoms. The lowest BCUT2D eigenvalue weighted by molar-refractivity contribution is -0.124. The van der Waals surface area contributed by atoms with Crippen LogP contribution in [0.4, 0.5) is 4.79 Å². The Bertz CT molecular complexity index is 926. The van der Waals surface area contributed by atoms with Crippen molar-refractivity contribution in [3.8, 4) is 5.75 Å². The SMILES string of the molecule is CC(=O)C(C)(C)Cc1c(C)cc(C2CCN(C(=O)Oc3ccc(Cl)cc3)C2)cc1C. The molecule has 4 nitrogen and oxygen atoms in total. The Morgan fingerprint density at radius 2 is 1.73 bits per heavy atom. The van der Waals surface area contributed by atoms with Crippen molar-refractivity contribution in [3.05, 3.63) is 63.7 Å². The number of halogens is 1. The minimum absolute atomic E-state index is 0.205. The molecular formula is C25H30ClNO3. The normalized spacial score (nSPS) is 16.6. The van der Waals surface area contributed by atoms with Crippen molar-refractivity contribution in [1.29, 1.82) is 0 Å². The molecule has 0 aromatic heterocycles. The van der Waals surface area contributed by atoms with Gasteiger partial charge >= 0.3 is 6.09 Å². The smallest absolute Gasteiger partial charge is 0.410 e. The maximum absolute atomic E-state index is 12.5. The summed E-state index contributed by atoms with van der Waals surface area (Å²) in [4.78, 5) is 26.2. The molecule has 1 unspecified atom stereocenters. The van der Waals surface area contributed by atoms with E-state index in [1.807, 2.05) is 13.8 Å². The summed E-state index contributed by atoms with van der Waals surface area (Å²) in [6.45, 7) is 11.2. The number of nitrogens with zero attached hydrogens (tertiary/aromatic N) is 1. The Hall–Kier alpha value is -2.33. The van der Waals surface area contributed by atoms with E-state index in [1.54, 1.807) is 36.1 Å². The van der Waals surface area contributed by atoms with Crippen molar-refractivity contribution in [2.75, 3.05) is 13.1 Å². The quantitative estimate of drug-likeness (QED) is 0.578. The fourth-order valence-electron chi connectivity index (χ4n) is 3.97. The summed E-state index contributed by atoms with van der Waals surface area (Å²) in [7, 11) is 0. The second kappa shape index (κ2) is 8.81. The van der Waals surface area contributed by atoms with Crippen molar-refractivity contribution in [3.63, 3.8) is 0 Å². The van der Waals surface area contributed by atoms with E-state index < -0.39 is 0 Å². The first-order valence-electron chi connectivity index (χ1n) is 10.4. The van der Waals surface area contributed by atoms with Crippen molar-refractivity contribution < 1.29 is 14.3 Å². The summed E-state index contributed by atoms with van der Waals surface area (Å²) >= 11 is 5.88. The molecule has 1 atom stereocenters. The maximum Gasteiger partial charge on any atom is 0.415 e. The zero-order chi connectivity index (χ0) is 22.1. The molecule has 3 rings (SSSR count). The molecule has 160 valence electrons. The summed E-state index contributed by atoms with van der Waals surface area (Å²) in [5.41, 5.74) is 4.54. The van der Waals surface area contributed by atoms with E-state index in [2.05, 4.69) is 26.0 Å². The number of hydrogen-bond acceptors (Lipinski definition) is 3. The largest absolute Gasteiger partial charge is 0.415 e. The number of hydrogen-bond donors (Lipinski definition) is 0. The van der Waals surface area contributed by atoms with E-state index in [4.69, 9.17) is 16.3 Å². The molecule has 0 radical (unpaired) electrons. The van der Waals surface area contributed by atoms with Crippen molar-refractivity contribution in [2.45, 2.75) is 53.4 Å². The van der Waals surface area contributed by atoms with Crippen LogP contribution in [0.25, 0.3) is 0 Å². The molecule has 1 aliphatic heterocycles. The topological polar surface area (TPSA) is 46.6 Å². The number of amides is 1. The van der Waals surface area contributed by atoms with Gasteiger partial charge in [-0.3, -0.25) is 4.79 Å². The first-order chi connectivity index (χ1) is 14.1. The molecule has 0 N–H and O–H groups in total. The van der Waals surface area contributed by atoms with Gasteiger partial charge in [-0.15, -0.1) is 0 Å². The average molecular weight is 428 g/mol. The van der Waals surface area contributed by atoms with Gasteiger partial charge in [0.25, 0.3) is 0 Å². The third kappa shape index (κ3) is 5.04. The highest BCUT2D eigenvalue weighted by Crippen LogP contribution is 2.33. The lowest BCUT2D eigenvalue weighted by atomic mass is 9.79. The first kappa shape index (κ1) is 22.4. The minimum atomic E-state index is -0.368. The lowest BCUT2D eigenvalue weighted by Crippen LogP contribution is -2.31. The third-order valence-electron chi connectivity index (χ3n) is 6.23. The molecule has 30 heavy (non-hydrogen) atoms. The molecule has 1 saturated heterocycles. The predicted molar refractivity (Wildman–Crippen MR) is 120 cm³/mol. The van der Waals surface area contributed by atoms with Gasteiger partial charge < -0.3 is 9.64 Å².